The van der Waals surface area contributed by atoms with Crippen molar-refractivity contribution in [3.05, 3.63) is 76.8 Å². The van der Waals surface area contributed by atoms with E-state index in [1.807, 2.05) is 0 Å². The van der Waals surface area contributed by atoms with Crippen LogP contribution in [0.1, 0.15) is 12.5 Å². The molecule has 3 aromatic carbocycles. The lowest BCUT2D eigenvalue weighted by molar-refractivity contribution is 1.60. The van der Waals surface area contributed by atoms with E-state index >= 15 is 0 Å². The highest BCUT2D eigenvalue weighted by molar-refractivity contribution is 9.10. The summed E-state index contributed by atoms with van der Waals surface area (Å²) >= 11 is 3.64. The normalized spacial score (nSPS) is 11.3. The maximum atomic E-state index is 3.64. The average molecular weight is 323 g/mol. The second kappa shape index (κ2) is 5.64. The van der Waals surface area contributed by atoms with Crippen LogP contribution < -0.4 is 0 Å². The van der Waals surface area contributed by atoms with Gasteiger partial charge in [0, 0.05) is 4.47 Å². The third kappa shape index (κ3) is 2.30. The van der Waals surface area contributed by atoms with Crippen LogP contribution in [-0.2, 0) is 0 Å². The monoisotopic (exact) mass is 322 g/mol. The van der Waals surface area contributed by atoms with Gasteiger partial charge in [-0.15, -0.1) is 0 Å². The van der Waals surface area contributed by atoms with E-state index in [4.69, 9.17) is 0 Å². The molecule has 0 atom stereocenters. The zero-order chi connectivity index (χ0) is 13.9. The fourth-order valence-electron chi connectivity index (χ4n) is 2.56. The van der Waals surface area contributed by atoms with E-state index in [0.29, 0.717) is 0 Å². The maximum absolute atomic E-state index is 3.64. The van der Waals surface area contributed by atoms with Crippen molar-refractivity contribution in [2.45, 2.75) is 6.92 Å². The van der Waals surface area contributed by atoms with E-state index in [9.17, 15) is 0 Å². The Hall–Kier alpha value is -1.86. The lowest BCUT2D eigenvalue weighted by Crippen LogP contribution is -1.86. The van der Waals surface area contributed by atoms with E-state index in [0.717, 1.165) is 4.47 Å². The molecule has 3 aromatic rings. The van der Waals surface area contributed by atoms with Crippen LogP contribution in [-0.4, -0.2) is 0 Å². The van der Waals surface area contributed by atoms with Crippen LogP contribution in [0.3, 0.4) is 0 Å². The summed E-state index contributed by atoms with van der Waals surface area (Å²) in [5.74, 6) is 0. The quantitative estimate of drug-likeness (QED) is 0.519. The van der Waals surface area contributed by atoms with Crippen molar-refractivity contribution in [1.29, 1.82) is 0 Å². The summed E-state index contributed by atoms with van der Waals surface area (Å²) in [4.78, 5) is 0. The number of fused-ring (bicyclic) bond motifs is 1. The highest BCUT2D eigenvalue weighted by Crippen LogP contribution is 2.35. The highest BCUT2D eigenvalue weighted by atomic mass is 79.9. The number of halogens is 1. The molecule has 0 spiro atoms. The topological polar surface area (TPSA) is 0 Å². The van der Waals surface area contributed by atoms with Gasteiger partial charge in [-0.05, 0) is 40.5 Å². The Labute approximate surface area is 127 Å². The van der Waals surface area contributed by atoms with Gasteiger partial charge in [-0.25, -0.2) is 0 Å². The van der Waals surface area contributed by atoms with Gasteiger partial charge in [0.1, 0.15) is 0 Å². The molecule has 0 amide bonds. The Morgan fingerprint density at radius 3 is 2.25 bits per heavy atom. The Morgan fingerprint density at radius 1 is 0.750 bits per heavy atom. The SMILES string of the molecule is C/C=C/c1ccccc1-c1ccc(Br)c2ccccc12. The Morgan fingerprint density at radius 2 is 1.45 bits per heavy atom. The zero-order valence-corrected chi connectivity index (χ0v) is 12.9. The molecule has 0 aliphatic rings. The molecular weight excluding hydrogens is 308 g/mol. The lowest BCUT2D eigenvalue weighted by atomic mass is 9.94. The largest absolute Gasteiger partial charge is 0.0870 e. The van der Waals surface area contributed by atoms with Gasteiger partial charge in [0.15, 0.2) is 0 Å². The Balaban J connectivity index is 2.34. The van der Waals surface area contributed by atoms with Gasteiger partial charge in [0.2, 0.25) is 0 Å². The average Bonchev–Trinajstić information content (AvgIpc) is 2.49. The molecule has 0 fully saturated rings. The minimum Gasteiger partial charge on any atom is -0.0870 e. The molecule has 0 unspecified atom stereocenters. The standard InChI is InChI=1S/C19H15Br/c1-2-7-14-8-3-4-9-15(14)17-12-13-19(20)18-11-6-5-10-16(17)18/h2-13H,1H3/b7-2+. The first-order valence-corrected chi connectivity index (χ1v) is 7.50. The van der Waals surface area contributed by atoms with E-state index < -0.39 is 0 Å². The zero-order valence-electron chi connectivity index (χ0n) is 11.3. The van der Waals surface area contributed by atoms with E-state index in [1.54, 1.807) is 0 Å². The van der Waals surface area contributed by atoms with Gasteiger partial charge >= 0.3 is 0 Å². The molecule has 0 aliphatic heterocycles. The fraction of sp³-hybridized carbons (Fsp3) is 0.0526. The molecule has 1 heteroatoms. The molecule has 0 heterocycles. The number of benzene rings is 3. The summed E-state index contributed by atoms with van der Waals surface area (Å²) < 4.78 is 1.14. The van der Waals surface area contributed by atoms with Crippen molar-refractivity contribution in [2.75, 3.05) is 0 Å². The van der Waals surface area contributed by atoms with Crippen LogP contribution in [0.25, 0.3) is 28.0 Å². The van der Waals surface area contributed by atoms with Crippen LogP contribution in [0.4, 0.5) is 0 Å². The number of hydrogen-bond donors (Lipinski definition) is 0. The van der Waals surface area contributed by atoms with Crippen LogP contribution >= 0.6 is 15.9 Å². The van der Waals surface area contributed by atoms with Gasteiger partial charge in [-0.3, -0.25) is 0 Å². The Bertz CT molecular complexity index is 785. The molecule has 98 valence electrons. The predicted octanol–water partition coefficient (Wildman–Crippen LogP) is 6.30. The molecule has 0 nitrogen and oxygen atoms in total. The van der Waals surface area contributed by atoms with Gasteiger partial charge in [0.25, 0.3) is 0 Å². The van der Waals surface area contributed by atoms with Crippen molar-refractivity contribution in [2.24, 2.45) is 0 Å². The van der Waals surface area contributed by atoms with Crippen LogP contribution in [0.15, 0.2) is 71.2 Å². The summed E-state index contributed by atoms with van der Waals surface area (Å²) in [7, 11) is 0. The smallest absolute Gasteiger partial charge is 0.0254 e. The lowest BCUT2D eigenvalue weighted by Gasteiger charge is -2.11. The summed E-state index contributed by atoms with van der Waals surface area (Å²) in [5, 5.41) is 2.53. The molecule has 0 N–H and O–H groups in total. The molecular formula is C19H15Br. The minimum atomic E-state index is 1.14. The van der Waals surface area contributed by atoms with Crippen LogP contribution in [0.2, 0.25) is 0 Å². The summed E-state index contributed by atoms with van der Waals surface area (Å²) in [5.41, 5.74) is 3.80. The molecule has 3 rings (SSSR count). The van der Waals surface area contributed by atoms with Gasteiger partial charge in [-0.1, -0.05) is 82.7 Å². The van der Waals surface area contributed by atoms with E-state index in [2.05, 4.69) is 95.7 Å². The first-order chi connectivity index (χ1) is 9.81. The molecule has 0 aliphatic carbocycles. The summed E-state index contributed by atoms with van der Waals surface area (Å²) in [6.45, 7) is 2.05. The number of allylic oxidation sites excluding steroid dienone is 1. The van der Waals surface area contributed by atoms with Crippen molar-refractivity contribution in [3.8, 4) is 11.1 Å². The number of rotatable bonds is 2. The second-order valence-corrected chi connectivity index (χ2v) is 5.58. The fourth-order valence-corrected chi connectivity index (χ4v) is 3.04. The van der Waals surface area contributed by atoms with Crippen molar-refractivity contribution >= 4 is 32.8 Å². The molecule has 0 saturated heterocycles. The van der Waals surface area contributed by atoms with Crippen molar-refractivity contribution < 1.29 is 0 Å². The first-order valence-electron chi connectivity index (χ1n) is 6.70. The molecule has 0 radical (unpaired) electrons. The summed E-state index contributed by atoms with van der Waals surface area (Å²) in [6.07, 6.45) is 4.24. The van der Waals surface area contributed by atoms with Crippen LogP contribution in [0, 0.1) is 0 Å². The van der Waals surface area contributed by atoms with Crippen LogP contribution in [0.5, 0.6) is 0 Å². The molecule has 0 aromatic heterocycles. The molecule has 0 saturated carbocycles. The molecule has 20 heavy (non-hydrogen) atoms. The second-order valence-electron chi connectivity index (χ2n) is 4.73. The first kappa shape index (κ1) is 13.1. The summed E-state index contributed by atoms with van der Waals surface area (Å²) in [6, 6.07) is 21.4. The van der Waals surface area contributed by atoms with Gasteiger partial charge in [-0.2, -0.15) is 0 Å². The highest BCUT2D eigenvalue weighted by Gasteiger charge is 2.08. The number of hydrogen-bond acceptors (Lipinski definition) is 0. The van der Waals surface area contributed by atoms with Crippen molar-refractivity contribution in [1.82, 2.24) is 0 Å². The minimum absolute atomic E-state index is 1.14. The van der Waals surface area contributed by atoms with Gasteiger partial charge < -0.3 is 0 Å². The Kier molecular flexibility index (Phi) is 3.70. The van der Waals surface area contributed by atoms with E-state index in [-0.39, 0.29) is 0 Å². The van der Waals surface area contributed by atoms with Gasteiger partial charge in [0.05, 0.1) is 0 Å². The third-order valence-corrected chi connectivity index (χ3v) is 4.16. The van der Waals surface area contributed by atoms with E-state index in [1.165, 1.54) is 27.5 Å². The predicted molar refractivity (Wildman–Crippen MR) is 91.8 cm³/mol. The third-order valence-electron chi connectivity index (χ3n) is 3.47. The van der Waals surface area contributed by atoms with Crippen molar-refractivity contribution in [3.63, 3.8) is 0 Å². The molecule has 0 bridgehead atoms. The maximum Gasteiger partial charge on any atom is 0.0254 e.